The van der Waals surface area contributed by atoms with E-state index in [1.807, 2.05) is 43.0 Å². The lowest BCUT2D eigenvalue weighted by Gasteiger charge is -2.35. The summed E-state index contributed by atoms with van der Waals surface area (Å²) in [4.78, 5) is 18.0. The maximum Gasteiger partial charge on any atom is 0.254 e. The van der Waals surface area contributed by atoms with Crippen LogP contribution >= 0.6 is 22.7 Å². The van der Waals surface area contributed by atoms with Crippen molar-refractivity contribution in [3.8, 4) is 0 Å². The minimum atomic E-state index is 0.0245. The number of rotatable bonds is 5. The fourth-order valence-corrected chi connectivity index (χ4v) is 5.22. The molecule has 3 nitrogen and oxygen atoms in total. The van der Waals surface area contributed by atoms with Crippen molar-refractivity contribution in [1.82, 2.24) is 4.90 Å². The molecule has 0 spiro atoms. The molecule has 3 aromatic rings. The minimum Gasteiger partial charge on any atom is -0.374 e. The molecule has 0 bridgehead atoms. The summed E-state index contributed by atoms with van der Waals surface area (Å²) in [6, 6.07) is 14.2. The van der Waals surface area contributed by atoms with E-state index in [0.717, 1.165) is 24.1 Å². The summed E-state index contributed by atoms with van der Waals surface area (Å²) in [5.41, 5.74) is 3.11. The van der Waals surface area contributed by atoms with Crippen molar-refractivity contribution in [2.45, 2.75) is 39.0 Å². The Hall–Kier alpha value is -1.95. The molecule has 5 heteroatoms. The van der Waals surface area contributed by atoms with Gasteiger partial charge in [-0.3, -0.25) is 4.79 Å². The molecule has 0 aliphatic carbocycles. The molecule has 1 aromatic carbocycles. The predicted molar refractivity (Wildman–Crippen MR) is 112 cm³/mol. The topological polar surface area (TPSA) is 29.5 Å². The third kappa shape index (κ3) is 3.86. The maximum absolute atomic E-state index is 13.3. The molecule has 27 heavy (non-hydrogen) atoms. The second-order valence-corrected chi connectivity index (χ2v) is 9.00. The number of hydrogen-bond acceptors (Lipinski definition) is 4. The van der Waals surface area contributed by atoms with E-state index in [1.165, 1.54) is 15.3 Å². The highest BCUT2D eigenvalue weighted by Crippen LogP contribution is 2.40. The summed E-state index contributed by atoms with van der Waals surface area (Å²) in [7, 11) is 0. The van der Waals surface area contributed by atoms with Gasteiger partial charge in [0.05, 0.1) is 18.8 Å². The van der Waals surface area contributed by atoms with Crippen LogP contribution in [0, 0.1) is 0 Å². The highest BCUT2D eigenvalue weighted by atomic mass is 32.1. The zero-order chi connectivity index (χ0) is 18.8. The second kappa shape index (κ2) is 7.97. The Morgan fingerprint density at radius 2 is 1.96 bits per heavy atom. The summed E-state index contributed by atoms with van der Waals surface area (Å²) in [6.07, 6.45) is 1.13. The molecule has 0 N–H and O–H groups in total. The number of nitrogens with zero attached hydrogens (tertiary/aromatic N) is 1. The lowest BCUT2D eigenvalue weighted by Crippen LogP contribution is -2.39. The molecule has 0 radical (unpaired) electrons. The van der Waals surface area contributed by atoms with Gasteiger partial charge in [-0.25, -0.2) is 0 Å². The molecule has 0 saturated carbocycles. The van der Waals surface area contributed by atoms with E-state index >= 15 is 0 Å². The van der Waals surface area contributed by atoms with Crippen LogP contribution in [0.3, 0.4) is 0 Å². The molecule has 0 saturated heterocycles. The van der Waals surface area contributed by atoms with Crippen molar-refractivity contribution < 1.29 is 9.53 Å². The van der Waals surface area contributed by atoms with Crippen LogP contribution in [0.2, 0.25) is 0 Å². The lowest BCUT2D eigenvalue weighted by atomic mass is 9.97. The van der Waals surface area contributed by atoms with Crippen LogP contribution in [0.1, 0.15) is 51.1 Å². The number of ether oxygens (including phenoxy) is 1. The summed E-state index contributed by atoms with van der Waals surface area (Å²) in [6.45, 7) is 5.38. The molecule has 0 unspecified atom stereocenters. The van der Waals surface area contributed by atoms with Crippen molar-refractivity contribution >= 4 is 28.6 Å². The molecule has 1 atom stereocenters. The third-order valence-electron chi connectivity index (χ3n) is 4.82. The number of amides is 1. The van der Waals surface area contributed by atoms with Gasteiger partial charge >= 0.3 is 0 Å². The highest BCUT2D eigenvalue weighted by Gasteiger charge is 2.33. The number of hydrogen-bond donors (Lipinski definition) is 0. The molecule has 0 fully saturated rings. The molecule has 1 aliphatic rings. The van der Waals surface area contributed by atoms with Crippen molar-refractivity contribution in [2.24, 2.45) is 0 Å². The number of thiophene rings is 2. The fourth-order valence-electron chi connectivity index (χ4n) is 3.46. The summed E-state index contributed by atoms with van der Waals surface area (Å²) in [5.74, 6) is 0.0987. The van der Waals surface area contributed by atoms with Crippen molar-refractivity contribution in [3.63, 3.8) is 0 Å². The van der Waals surface area contributed by atoms with Crippen molar-refractivity contribution in [1.29, 1.82) is 0 Å². The standard InChI is InChI=1S/C22H23NO2S2/c1-15(2)25-14-16-5-7-17(8-6-16)22(24)23-11-9-19-18(10-13-27-19)21(23)20-4-3-12-26-20/h3-8,10,12-13,15,21H,9,11,14H2,1-2H3/t21-/m1/s1. The Morgan fingerprint density at radius 1 is 1.15 bits per heavy atom. The van der Waals surface area contributed by atoms with E-state index < -0.39 is 0 Å². The van der Waals surface area contributed by atoms with E-state index in [0.29, 0.717) is 6.61 Å². The number of fused-ring (bicyclic) bond motifs is 1. The van der Waals surface area contributed by atoms with Crippen molar-refractivity contribution in [3.05, 3.63) is 79.7 Å². The van der Waals surface area contributed by atoms with Crippen LogP contribution in [0.25, 0.3) is 0 Å². The molecule has 1 aliphatic heterocycles. The monoisotopic (exact) mass is 397 g/mol. The summed E-state index contributed by atoms with van der Waals surface area (Å²) < 4.78 is 5.65. The average molecular weight is 398 g/mol. The predicted octanol–water partition coefficient (Wildman–Crippen LogP) is 5.52. The number of carbonyl (C=O) groups is 1. The molecule has 1 amide bonds. The average Bonchev–Trinajstić information content (AvgIpc) is 3.37. The largest absolute Gasteiger partial charge is 0.374 e. The Labute approximate surface area is 168 Å². The van der Waals surface area contributed by atoms with Gasteiger partial charge in [0.2, 0.25) is 0 Å². The van der Waals surface area contributed by atoms with E-state index in [1.54, 1.807) is 22.7 Å². The van der Waals surface area contributed by atoms with Crippen LogP contribution in [0.15, 0.2) is 53.2 Å². The second-order valence-electron chi connectivity index (χ2n) is 7.02. The molecular weight excluding hydrogens is 374 g/mol. The van der Waals surface area contributed by atoms with Crippen molar-refractivity contribution in [2.75, 3.05) is 6.54 Å². The highest BCUT2D eigenvalue weighted by molar-refractivity contribution is 7.10. The molecular formula is C22H23NO2S2. The first-order valence-electron chi connectivity index (χ1n) is 9.24. The van der Waals surface area contributed by atoms with Gasteiger partial charge < -0.3 is 9.64 Å². The number of benzene rings is 1. The zero-order valence-corrected chi connectivity index (χ0v) is 17.2. The van der Waals surface area contributed by atoms with Crippen LogP contribution in [0.4, 0.5) is 0 Å². The Morgan fingerprint density at radius 3 is 2.67 bits per heavy atom. The molecule has 4 rings (SSSR count). The summed E-state index contributed by atoms with van der Waals surface area (Å²) in [5, 5.41) is 4.23. The first kappa shape index (κ1) is 18.4. The lowest BCUT2D eigenvalue weighted by molar-refractivity contribution is 0.0654. The Kier molecular flexibility index (Phi) is 5.43. The SMILES string of the molecule is CC(C)OCc1ccc(C(=O)N2CCc3sccc3[C@@H]2c2cccs2)cc1. The Balaban J connectivity index is 1.59. The molecule has 2 aromatic heterocycles. The van der Waals surface area contributed by atoms with Gasteiger partial charge in [-0.2, -0.15) is 0 Å². The van der Waals surface area contributed by atoms with Crippen LogP contribution in [-0.4, -0.2) is 23.5 Å². The van der Waals surface area contributed by atoms with Crippen LogP contribution in [0.5, 0.6) is 0 Å². The fraction of sp³-hybridized carbons (Fsp3) is 0.318. The zero-order valence-electron chi connectivity index (χ0n) is 15.6. The first-order valence-corrected chi connectivity index (χ1v) is 11.0. The molecule has 3 heterocycles. The van der Waals surface area contributed by atoms with Gasteiger partial charge in [-0.05, 0) is 66.4 Å². The summed E-state index contributed by atoms with van der Waals surface area (Å²) >= 11 is 3.52. The van der Waals surface area contributed by atoms with Gasteiger partial charge in [-0.15, -0.1) is 22.7 Å². The van der Waals surface area contributed by atoms with Gasteiger partial charge in [-0.1, -0.05) is 18.2 Å². The van der Waals surface area contributed by atoms with Gasteiger partial charge in [0.1, 0.15) is 0 Å². The molecule has 140 valence electrons. The first-order chi connectivity index (χ1) is 13.1. The van der Waals surface area contributed by atoms with E-state index in [4.69, 9.17) is 4.74 Å². The van der Waals surface area contributed by atoms with Crippen LogP contribution < -0.4 is 0 Å². The quantitative estimate of drug-likeness (QED) is 0.567. The van der Waals surface area contributed by atoms with Gasteiger partial charge in [0.25, 0.3) is 5.91 Å². The van der Waals surface area contributed by atoms with Gasteiger partial charge in [0, 0.05) is 21.9 Å². The van der Waals surface area contributed by atoms with Crippen LogP contribution in [-0.2, 0) is 17.8 Å². The maximum atomic E-state index is 13.3. The smallest absolute Gasteiger partial charge is 0.254 e. The third-order valence-corrected chi connectivity index (χ3v) is 6.74. The normalized spacial score (nSPS) is 16.6. The minimum absolute atomic E-state index is 0.0245. The van der Waals surface area contributed by atoms with E-state index in [2.05, 4.69) is 29.0 Å². The van der Waals surface area contributed by atoms with E-state index in [-0.39, 0.29) is 18.1 Å². The Bertz CT molecular complexity index is 897. The van der Waals surface area contributed by atoms with E-state index in [9.17, 15) is 4.79 Å². The van der Waals surface area contributed by atoms with Gasteiger partial charge in [0.15, 0.2) is 0 Å². The number of carbonyl (C=O) groups excluding carboxylic acids is 1.